The Hall–Kier alpha value is -1.03. The van der Waals surface area contributed by atoms with Crippen molar-refractivity contribution in [1.82, 2.24) is 0 Å². The highest BCUT2D eigenvalue weighted by molar-refractivity contribution is 6.29. The maximum absolute atomic E-state index is 11.8. The Balaban J connectivity index is 4.98. The van der Waals surface area contributed by atoms with Gasteiger partial charge in [-0.15, -0.1) is 0 Å². The van der Waals surface area contributed by atoms with E-state index in [9.17, 15) is 9.59 Å². The Bertz CT molecular complexity index is 288. The van der Waals surface area contributed by atoms with Crippen LogP contribution in [-0.2, 0) is 19.1 Å². The molecule has 0 N–H and O–H groups in total. The molecule has 0 saturated carbocycles. The lowest BCUT2D eigenvalue weighted by Gasteiger charge is -2.23. The Morgan fingerprint density at radius 3 is 1.88 bits per heavy atom. The molecule has 0 saturated heterocycles. The fourth-order valence-electron chi connectivity index (χ4n) is 1.18. The number of rotatable bonds is 6. The predicted octanol–water partition coefficient (Wildman–Crippen LogP) is 2.65. The van der Waals surface area contributed by atoms with Gasteiger partial charge in [-0.2, -0.15) is 0 Å². The van der Waals surface area contributed by atoms with E-state index in [-0.39, 0.29) is 19.6 Å². The molecule has 0 bridgehead atoms. The maximum atomic E-state index is 11.8. The van der Waals surface area contributed by atoms with Crippen LogP contribution in [0, 0.1) is 5.41 Å². The third kappa shape index (κ3) is 4.77. The molecular weight excluding hydrogens is 244 g/mol. The minimum Gasteiger partial charge on any atom is -0.465 e. The van der Waals surface area contributed by atoms with Crippen LogP contribution in [0.25, 0.3) is 0 Å². The second-order valence-electron chi connectivity index (χ2n) is 3.77. The van der Waals surface area contributed by atoms with Crippen LogP contribution < -0.4 is 0 Å². The summed E-state index contributed by atoms with van der Waals surface area (Å²) in [6.45, 7) is 6.99. The average Bonchev–Trinajstić information content (AvgIpc) is 2.26. The van der Waals surface area contributed by atoms with Crippen molar-refractivity contribution in [3.8, 4) is 0 Å². The van der Waals surface area contributed by atoms with E-state index in [0.717, 1.165) is 0 Å². The topological polar surface area (TPSA) is 52.6 Å². The summed E-state index contributed by atoms with van der Waals surface area (Å²) in [7, 11) is 0. The molecule has 17 heavy (non-hydrogen) atoms. The lowest BCUT2D eigenvalue weighted by atomic mass is 9.86. The zero-order chi connectivity index (χ0) is 13.5. The Kier molecular flexibility index (Phi) is 6.88. The fraction of sp³-hybridized carbons (Fsp3) is 0.667. The lowest BCUT2D eigenvalue weighted by Crippen LogP contribution is -2.39. The molecule has 0 aliphatic rings. The van der Waals surface area contributed by atoms with Crippen LogP contribution in [0.2, 0.25) is 0 Å². The first-order valence-electron chi connectivity index (χ1n) is 5.55. The molecule has 0 aromatic heterocycles. The van der Waals surface area contributed by atoms with E-state index < -0.39 is 17.4 Å². The largest absolute Gasteiger partial charge is 0.465 e. The number of allylic oxidation sites excluding steroid dienone is 2. The van der Waals surface area contributed by atoms with Gasteiger partial charge >= 0.3 is 11.9 Å². The monoisotopic (exact) mass is 262 g/mol. The predicted molar refractivity (Wildman–Crippen MR) is 65.6 cm³/mol. The molecule has 0 aliphatic carbocycles. The molecule has 5 heteroatoms. The smallest absolute Gasteiger partial charge is 0.323 e. The van der Waals surface area contributed by atoms with Crippen LogP contribution in [-0.4, -0.2) is 25.2 Å². The van der Waals surface area contributed by atoms with Crippen molar-refractivity contribution < 1.29 is 19.1 Å². The van der Waals surface area contributed by atoms with Gasteiger partial charge in [-0.05, 0) is 34.1 Å². The van der Waals surface area contributed by atoms with Crippen LogP contribution in [0.4, 0.5) is 0 Å². The Morgan fingerprint density at radius 2 is 1.59 bits per heavy atom. The summed E-state index contributed by atoms with van der Waals surface area (Å²) in [6.07, 6.45) is 1.77. The Morgan fingerprint density at radius 1 is 1.18 bits per heavy atom. The van der Waals surface area contributed by atoms with Crippen molar-refractivity contribution in [2.45, 2.75) is 34.1 Å². The molecule has 0 unspecified atom stereocenters. The minimum atomic E-state index is -1.33. The third-order valence-corrected chi connectivity index (χ3v) is 2.40. The molecule has 0 radical (unpaired) electrons. The van der Waals surface area contributed by atoms with Crippen molar-refractivity contribution in [1.29, 1.82) is 0 Å². The molecule has 0 aliphatic heterocycles. The number of hydrogen-bond acceptors (Lipinski definition) is 4. The second-order valence-corrected chi connectivity index (χ2v) is 4.36. The van der Waals surface area contributed by atoms with Gasteiger partial charge in [0.05, 0.1) is 13.2 Å². The molecule has 0 fully saturated rings. The van der Waals surface area contributed by atoms with Crippen molar-refractivity contribution >= 4 is 23.5 Å². The summed E-state index contributed by atoms with van der Waals surface area (Å²) in [5.74, 6) is -1.18. The van der Waals surface area contributed by atoms with Gasteiger partial charge in [0.2, 0.25) is 0 Å². The van der Waals surface area contributed by atoms with E-state index in [2.05, 4.69) is 0 Å². The van der Waals surface area contributed by atoms with Crippen molar-refractivity contribution in [3.63, 3.8) is 0 Å². The van der Waals surface area contributed by atoms with E-state index in [0.29, 0.717) is 5.03 Å². The van der Waals surface area contributed by atoms with Gasteiger partial charge in [0.15, 0.2) is 5.41 Å². The van der Waals surface area contributed by atoms with E-state index in [1.54, 1.807) is 26.8 Å². The molecule has 0 aromatic rings. The highest BCUT2D eigenvalue weighted by atomic mass is 35.5. The molecule has 0 heterocycles. The van der Waals surface area contributed by atoms with Crippen molar-refractivity contribution in [3.05, 3.63) is 11.1 Å². The van der Waals surface area contributed by atoms with Gasteiger partial charge in [0, 0.05) is 5.03 Å². The lowest BCUT2D eigenvalue weighted by molar-refractivity contribution is -0.170. The summed E-state index contributed by atoms with van der Waals surface area (Å²) in [6, 6.07) is 0. The van der Waals surface area contributed by atoms with Crippen molar-refractivity contribution in [2.24, 2.45) is 5.41 Å². The number of ether oxygens (including phenoxy) is 2. The zero-order valence-corrected chi connectivity index (χ0v) is 11.5. The van der Waals surface area contributed by atoms with E-state index in [1.165, 1.54) is 6.92 Å². The number of halogens is 1. The zero-order valence-electron chi connectivity index (χ0n) is 10.7. The van der Waals surface area contributed by atoms with Crippen LogP contribution in [0.15, 0.2) is 11.1 Å². The first kappa shape index (κ1) is 16.0. The SMILES string of the molecule is CCOC(=O)C(C)(C/C=C(\C)Cl)C(=O)OCC. The van der Waals surface area contributed by atoms with Crippen molar-refractivity contribution in [2.75, 3.05) is 13.2 Å². The number of esters is 2. The first-order valence-corrected chi connectivity index (χ1v) is 5.93. The number of carbonyl (C=O) groups is 2. The van der Waals surface area contributed by atoms with E-state index >= 15 is 0 Å². The quantitative estimate of drug-likeness (QED) is 0.545. The highest BCUT2D eigenvalue weighted by Gasteiger charge is 2.43. The molecule has 0 atom stereocenters. The Labute approximate surface area is 107 Å². The summed E-state index contributed by atoms with van der Waals surface area (Å²) in [5.41, 5.74) is -1.33. The van der Waals surface area contributed by atoms with Crippen LogP contribution >= 0.6 is 11.6 Å². The highest BCUT2D eigenvalue weighted by Crippen LogP contribution is 2.27. The minimum absolute atomic E-state index is 0.167. The molecule has 0 rings (SSSR count). The molecule has 98 valence electrons. The molecular formula is C12H19ClO4. The van der Waals surface area contributed by atoms with Gasteiger partial charge in [-0.1, -0.05) is 17.7 Å². The number of hydrogen-bond donors (Lipinski definition) is 0. The van der Waals surface area contributed by atoms with Gasteiger partial charge < -0.3 is 9.47 Å². The molecule has 0 spiro atoms. The first-order chi connectivity index (χ1) is 7.88. The second kappa shape index (κ2) is 7.33. The standard InChI is InChI=1S/C12H19ClO4/c1-5-16-10(14)12(4,8-7-9(3)13)11(15)17-6-2/h7H,5-6,8H2,1-4H3/b9-7+. The van der Waals surface area contributed by atoms with E-state index in [4.69, 9.17) is 21.1 Å². The van der Waals surface area contributed by atoms with Crippen LogP contribution in [0.1, 0.15) is 34.1 Å². The fourth-order valence-corrected chi connectivity index (χ4v) is 1.25. The molecule has 0 amide bonds. The van der Waals surface area contributed by atoms with Gasteiger partial charge in [0.1, 0.15) is 0 Å². The molecule has 0 aromatic carbocycles. The average molecular weight is 263 g/mol. The van der Waals surface area contributed by atoms with Crippen LogP contribution in [0.5, 0.6) is 0 Å². The van der Waals surface area contributed by atoms with Gasteiger partial charge in [0.25, 0.3) is 0 Å². The summed E-state index contributed by atoms with van der Waals surface area (Å²) < 4.78 is 9.79. The van der Waals surface area contributed by atoms with Gasteiger partial charge in [-0.3, -0.25) is 9.59 Å². The summed E-state index contributed by atoms with van der Waals surface area (Å²) in [5, 5.41) is 0.518. The normalized spacial score (nSPS) is 12.2. The van der Waals surface area contributed by atoms with E-state index in [1.807, 2.05) is 0 Å². The maximum Gasteiger partial charge on any atom is 0.323 e. The van der Waals surface area contributed by atoms with Crippen LogP contribution in [0.3, 0.4) is 0 Å². The number of carbonyl (C=O) groups excluding carboxylic acids is 2. The van der Waals surface area contributed by atoms with Gasteiger partial charge in [-0.25, -0.2) is 0 Å². The third-order valence-electron chi connectivity index (χ3n) is 2.24. The molecule has 4 nitrogen and oxygen atoms in total. The summed E-state index contributed by atoms with van der Waals surface area (Å²) >= 11 is 5.70. The summed E-state index contributed by atoms with van der Waals surface area (Å²) in [4.78, 5) is 23.6.